The predicted octanol–water partition coefficient (Wildman–Crippen LogP) is 3.12. The van der Waals surface area contributed by atoms with Crippen molar-refractivity contribution in [1.29, 1.82) is 0 Å². The summed E-state index contributed by atoms with van der Waals surface area (Å²) >= 11 is 0. The first-order valence-corrected chi connectivity index (χ1v) is 6.12. The number of morpholine rings is 1. The zero-order valence-corrected chi connectivity index (χ0v) is 11.7. The van der Waals surface area contributed by atoms with Crippen LogP contribution in [-0.4, -0.2) is 37.7 Å². The molecule has 0 radical (unpaired) electrons. The topological polar surface area (TPSA) is 12.5 Å². The lowest BCUT2D eigenvalue weighted by atomic mass is 10.0. The second-order valence-electron chi connectivity index (χ2n) is 4.88. The molecule has 1 rings (SSSR count). The largest absolute Gasteiger partial charge is 0.379 e. The van der Waals surface area contributed by atoms with Crippen LogP contribution < -0.4 is 0 Å². The maximum Gasteiger partial charge on any atom is 0.0594 e. The van der Waals surface area contributed by atoms with Crippen LogP contribution in [0.3, 0.4) is 0 Å². The number of halogens is 1. The van der Waals surface area contributed by atoms with Crippen molar-refractivity contribution in [2.24, 2.45) is 5.92 Å². The van der Waals surface area contributed by atoms with Gasteiger partial charge < -0.3 is 4.74 Å². The highest BCUT2D eigenvalue weighted by Gasteiger charge is 2.12. The average Bonchev–Trinajstić information content (AvgIpc) is 2.18. The molecule has 2 nitrogen and oxygen atoms in total. The summed E-state index contributed by atoms with van der Waals surface area (Å²) in [5.74, 6) is 0.804. The second-order valence-corrected chi connectivity index (χ2v) is 4.88. The van der Waals surface area contributed by atoms with Crippen LogP contribution in [0.5, 0.6) is 0 Å². The maximum absolute atomic E-state index is 5.34. The van der Waals surface area contributed by atoms with Gasteiger partial charge in [0.15, 0.2) is 0 Å². The van der Waals surface area contributed by atoms with Gasteiger partial charge in [0.2, 0.25) is 0 Å². The van der Waals surface area contributed by atoms with E-state index in [0.29, 0.717) is 0 Å². The van der Waals surface area contributed by atoms with Crippen LogP contribution in [0.1, 0.15) is 33.6 Å². The molecule has 0 spiro atoms. The normalized spacial score (nSPS) is 18.7. The van der Waals surface area contributed by atoms with E-state index in [1.54, 1.807) is 0 Å². The first-order valence-electron chi connectivity index (χ1n) is 6.12. The summed E-state index contributed by atoms with van der Waals surface area (Å²) in [6, 6.07) is 0. The Kier molecular flexibility index (Phi) is 9.00. The van der Waals surface area contributed by atoms with Crippen LogP contribution in [0, 0.1) is 5.92 Å². The molecule has 1 atom stereocenters. The lowest BCUT2D eigenvalue weighted by molar-refractivity contribution is 0.0313. The van der Waals surface area contributed by atoms with E-state index in [2.05, 4.69) is 31.7 Å². The van der Waals surface area contributed by atoms with Gasteiger partial charge in [0.1, 0.15) is 0 Å². The monoisotopic (exact) mass is 247 g/mol. The fraction of sp³-hybridized carbons (Fsp3) is 0.846. The third kappa shape index (κ3) is 7.26. The summed E-state index contributed by atoms with van der Waals surface area (Å²) < 4.78 is 5.34. The molecule has 96 valence electrons. The Bertz CT molecular complexity index is 196. The quantitative estimate of drug-likeness (QED) is 0.693. The molecular formula is C13H26ClNO. The van der Waals surface area contributed by atoms with E-state index in [-0.39, 0.29) is 12.4 Å². The van der Waals surface area contributed by atoms with E-state index in [1.807, 2.05) is 0 Å². The summed E-state index contributed by atoms with van der Waals surface area (Å²) in [7, 11) is 0. The molecule has 3 heteroatoms. The zero-order valence-electron chi connectivity index (χ0n) is 10.9. The van der Waals surface area contributed by atoms with Crippen LogP contribution >= 0.6 is 12.4 Å². The van der Waals surface area contributed by atoms with Crippen molar-refractivity contribution in [3.05, 3.63) is 11.6 Å². The minimum Gasteiger partial charge on any atom is -0.379 e. The van der Waals surface area contributed by atoms with Crippen molar-refractivity contribution in [3.8, 4) is 0 Å². The minimum absolute atomic E-state index is 0. The molecule has 0 amide bonds. The van der Waals surface area contributed by atoms with Gasteiger partial charge in [0.25, 0.3) is 0 Å². The summed E-state index contributed by atoms with van der Waals surface area (Å²) in [4.78, 5) is 2.52. The molecule has 0 aliphatic carbocycles. The lowest BCUT2D eigenvalue weighted by Crippen LogP contribution is -2.38. The highest BCUT2D eigenvalue weighted by atomic mass is 35.5. The van der Waals surface area contributed by atoms with Crippen LogP contribution in [0.25, 0.3) is 0 Å². The van der Waals surface area contributed by atoms with Crippen LogP contribution in [-0.2, 0) is 4.74 Å². The van der Waals surface area contributed by atoms with E-state index < -0.39 is 0 Å². The Morgan fingerprint density at radius 2 is 1.94 bits per heavy atom. The molecule has 1 unspecified atom stereocenters. The molecule has 16 heavy (non-hydrogen) atoms. The molecule has 0 bridgehead atoms. The fourth-order valence-electron chi connectivity index (χ4n) is 1.97. The lowest BCUT2D eigenvalue weighted by Gasteiger charge is -2.29. The third-order valence-corrected chi connectivity index (χ3v) is 2.89. The number of allylic oxidation sites excluding steroid dienone is 2. The van der Waals surface area contributed by atoms with Crippen molar-refractivity contribution >= 4 is 12.4 Å². The molecule has 0 saturated carbocycles. The van der Waals surface area contributed by atoms with E-state index in [1.165, 1.54) is 25.0 Å². The molecule has 1 heterocycles. The van der Waals surface area contributed by atoms with Gasteiger partial charge in [0.05, 0.1) is 13.2 Å². The zero-order chi connectivity index (χ0) is 11.1. The number of hydrogen-bond acceptors (Lipinski definition) is 2. The number of ether oxygens (including phenoxy) is 1. The summed E-state index contributed by atoms with van der Waals surface area (Å²) in [6.07, 6.45) is 4.88. The summed E-state index contributed by atoms with van der Waals surface area (Å²) in [6.45, 7) is 12.0. The number of hydrogen-bond donors (Lipinski definition) is 0. The van der Waals surface area contributed by atoms with Gasteiger partial charge in [0, 0.05) is 19.6 Å². The van der Waals surface area contributed by atoms with Crippen LogP contribution in [0.4, 0.5) is 0 Å². The van der Waals surface area contributed by atoms with Crippen LogP contribution in [0.15, 0.2) is 11.6 Å². The molecule has 1 aliphatic rings. The van der Waals surface area contributed by atoms with Crippen molar-refractivity contribution in [2.75, 3.05) is 32.8 Å². The van der Waals surface area contributed by atoms with Gasteiger partial charge in [-0.25, -0.2) is 0 Å². The smallest absolute Gasteiger partial charge is 0.0594 e. The number of nitrogens with zero attached hydrogens (tertiary/aromatic N) is 1. The van der Waals surface area contributed by atoms with Crippen LogP contribution in [0.2, 0.25) is 0 Å². The fourth-order valence-corrected chi connectivity index (χ4v) is 1.97. The third-order valence-electron chi connectivity index (χ3n) is 2.89. The molecule has 0 aromatic rings. The van der Waals surface area contributed by atoms with E-state index in [4.69, 9.17) is 4.74 Å². The predicted molar refractivity (Wildman–Crippen MR) is 72.3 cm³/mol. The Morgan fingerprint density at radius 1 is 1.31 bits per heavy atom. The van der Waals surface area contributed by atoms with Gasteiger partial charge >= 0.3 is 0 Å². The maximum atomic E-state index is 5.34. The Hall–Kier alpha value is -0.0500. The molecule has 1 fully saturated rings. The molecule has 0 N–H and O–H groups in total. The van der Waals surface area contributed by atoms with Gasteiger partial charge in [-0.05, 0) is 32.6 Å². The van der Waals surface area contributed by atoms with Crippen molar-refractivity contribution < 1.29 is 4.74 Å². The van der Waals surface area contributed by atoms with Crippen molar-refractivity contribution in [3.63, 3.8) is 0 Å². The van der Waals surface area contributed by atoms with Gasteiger partial charge in [-0.2, -0.15) is 0 Å². The number of rotatable bonds is 5. The van der Waals surface area contributed by atoms with E-state index in [9.17, 15) is 0 Å². The summed E-state index contributed by atoms with van der Waals surface area (Å²) in [5.41, 5.74) is 1.44. The second kappa shape index (κ2) is 9.03. The first kappa shape index (κ1) is 16.0. The summed E-state index contributed by atoms with van der Waals surface area (Å²) in [5, 5.41) is 0. The van der Waals surface area contributed by atoms with Gasteiger partial charge in [-0.1, -0.05) is 18.6 Å². The Labute approximate surface area is 106 Å². The molecule has 1 saturated heterocycles. The molecule has 0 aromatic heterocycles. The average molecular weight is 248 g/mol. The minimum atomic E-state index is 0. The molecule has 0 aromatic carbocycles. The van der Waals surface area contributed by atoms with E-state index in [0.717, 1.165) is 32.2 Å². The van der Waals surface area contributed by atoms with Gasteiger partial charge in [-0.3, -0.25) is 4.90 Å². The standard InChI is InChI=1S/C13H25NO.ClH/c1-12(2)5-4-6-13(3)11-14-7-9-15-10-8-14;/h5,13H,4,6-11H2,1-3H3;1H. The first-order chi connectivity index (χ1) is 7.18. The molecule has 1 aliphatic heterocycles. The molecular weight excluding hydrogens is 222 g/mol. The van der Waals surface area contributed by atoms with Crippen molar-refractivity contribution in [1.82, 2.24) is 4.90 Å². The highest BCUT2D eigenvalue weighted by Crippen LogP contribution is 2.10. The Balaban J connectivity index is 0.00000225. The highest BCUT2D eigenvalue weighted by molar-refractivity contribution is 5.85. The van der Waals surface area contributed by atoms with Gasteiger partial charge in [-0.15, -0.1) is 12.4 Å². The van der Waals surface area contributed by atoms with Crippen molar-refractivity contribution in [2.45, 2.75) is 33.6 Å². The Morgan fingerprint density at radius 3 is 2.50 bits per heavy atom. The SMILES string of the molecule is CC(C)=CCCC(C)CN1CCOCC1.Cl. The van der Waals surface area contributed by atoms with E-state index >= 15 is 0 Å².